The molecular formula is C20H26N2O5. The van der Waals surface area contributed by atoms with E-state index in [9.17, 15) is 9.59 Å². The van der Waals surface area contributed by atoms with Gasteiger partial charge in [0, 0.05) is 5.70 Å². The normalized spacial score (nSPS) is 20.1. The van der Waals surface area contributed by atoms with E-state index in [1.165, 1.54) is 0 Å². The van der Waals surface area contributed by atoms with E-state index in [2.05, 4.69) is 10.6 Å². The lowest BCUT2D eigenvalue weighted by molar-refractivity contribution is -0.144. The van der Waals surface area contributed by atoms with E-state index in [0.717, 1.165) is 31.2 Å². The summed E-state index contributed by atoms with van der Waals surface area (Å²) in [6, 6.07) is 4.40. The van der Waals surface area contributed by atoms with Crippen molar-refractivity contribution in [1.82, 2.24) is 10.6 Å². The number of amides is 2. The second kappa shape index (κ2) is 8.33. The maximum Gasteiger partial charge on any atom is 0.338 e. The molecule has 1 heterocycles. The molecule has 1 saturated carbocycles. The monoisotopic (exact) mass is 374 g/mol. The maximum atomic E-state index is 12.9. The smallest absolute Gasteiger partial charge is 0.338 e. The molecule has 0 bridgehead atoms. The van der Waals surface area contributed by atoms with Crippen LogP contribution < -0.4 is 20.1 Å². The van der Waals surface area contributed by atoms with Crippen LogP contribution in [0.25, 0.3) is 0 Å². The van der Waals surface area contributed by atoms with E-state index < -0.39 is 12.0 Å². The Bertz CT molecular complexity index is 753. The Morgan fingerprint density at radius 2 is 1.96 bits per heavy atom. The summed E-state index contributed by atoms with van der Waals surface area (Å²) in [7, 11) is 1.55. The third-order valence-electron chi connectivity index (χ3n) is 4.89. The molecular weight excluding hydrogens is 348 g/mol. The fourth-order valence-corrected chi connectivity index (χ4v) is 3.57. The fraction of sp³-hybridized carbons (Fsp3) is 0.500. The van der Waals surface area contributed by atoms with Gasteiger partial charge in [0.1, 0.15) is 6.10 Å². The topological polar surface area (TPSA) is 85.9 Å². The molecule has 0 unspecified atom stereocenters. The Morgan fingerprint density at radius 3 is 2.63 bits per heavy atom. The molecule has 1 aliphatic carbocycles. The number of benzene rings is 1. The van der Waals surface area contributed by atoms with E-state index in [-0.39, 0.29) is 12.1 Å². The molecule has 0 aromatic heterocycles. The number of hydrogen-bond acceptors (Lipinski definition) is 5. The van der Waals surface area contributed by atoms with Gasteiger partial charge in [0.2, 0.25) is 0 Å². The first-order chi connectivity index (χ1) is 13.0. The zero-order valence-corrected chi connectivity index (χ0v) is 16.0. The number of urea groups is 1. The highest BCUT2D eigenvalue weighted by Crippen LogP contribution is 2.35. The second-order valence-electron chi connectivity index (χ2n) is 6.73. The van der Waals surface area contributed by atoms with Gasteiger partial charge >= 0.3 is 12.0 Å². The molecule has 2 amide bonds. The van der Waals surface area contributed by atoms with Crippen molar-refractivity contribution in [3.63, 3.8) is 0 Å². The number of carbonyl (C=O) groups is 2. The van der Waals surface area contributed by atoms with Crippen molar-refractivity contribution in [1.29, 1.82) is 0 Å². The van der Waals surface area contributed by atoms with Crippen LogP contribution in [0, 0.1) is 0 Å². The van der Waals surface area contributed by atoms with E-state index in [1.54, 1.807) is 26.2 Å². The number of rotatable bonds is 6. The molecule has 1 aromatic rings. The van der Waals surface area contributed by atoms with Gasteiger partial charge in [0.05, 0.1) is 25.3 Å². The predicted molar refractivity (Wildman–Crippen MR) is 99.6 cm³/mol. The molecule has 1 aromatic carbocycles. The minimum Gasteiger partial charge on any atom is -0.493 e. The number of carbonyl (C=O) groups excluding carboxylic acids is 2. The van der Waals surface area contributed by atoms with Gasteiger partial charge in [-0.3, -0.25) is 0 Å². The number of allylic oxidation sites excluding steroid dienone is 1. The van der Waals surface area contributed by atoms with Crippen molar-refractivity contribution in [3.8, 4) is 11.5 Å². The van der Waals surface area contributed by atoms with Crippen molar-refractivity contribution in [2.45, 2.75) is 51.7 Å². The summed E-state index contributed by atoms with van der Waals surface area (Å²) >= 11 is 0. The zero-order valence-electron chi connectivity index (χ0n) is 16.0. The predicted octanol–water partition coefficient (Wildman–Crippen LogP) is 3.21. The summed E-state index contributed by atoms with van der Waals surface area (Å²) in [6.07, 6.45) is 3.87. The molecule has 1 atom stereocenters. The maximum absolute atomic E-state index is 12.9. The first kappa shape index (κ1) is 19.1. The van der Waals surface area contributed by atoms with Crippen LogP contribution in [-0.2, 0) is 9.53 Å². The van der Waals surface area contributed by atoms with Crippen molar-refractivity contribution >= 4 is 12.0 Å². The van der Waals surface area contributed by atoms with Crippen molar-refractivity contribution < 1.29 is 23.8 Å². The summed E-state index contributed by atoms with van der Waals surface area (Å²) in [5, 5.41) is 5.48. The van der Waals surface area contributed by atoms with Gasteiger partial charge in [0.25, 0.3) is 0 Å². The SMILES string of the molecule is CCOc1ccc([C@H]2NC(=O)NC(C)=C2C(=O)OC2CCCC2)cc1OC. The minimum absolute atomic E-state index is 0.0501. The lowest BCUT2D eigenvalue weighted by Gasteiger charge is -2.29. The van der Waals surface area contributed by atoms with Crippen LogP contribution in [0.1, 0.15) is 51.1 Å². The number of esters is 1. The van der Waals surface area contributed by atoms with Crippen LogP contribution in [0.2, 0.25) is 0 Å². The quantitative estimate of drug-likeness (QED) is 0.747. The largest absolute Gasteiger partial charge is 0.493 e. The Balaban J connectivity index is 1.92. The summed E-state index contributed by atoms with van der Waals surface area (Å²) < 4.78 is 16.6. The number of nitrogens with one attached hydrogen (secondary N) is 2. The second-order valence-corrected chi connectivity index (χ2v) is 6.73. The van der Waals surface area contributed by atoms with Crippen molar-refractivity contribution in [2.24, 2.45) is 0 Å². The standard InChI is InChI=1S/C20H26N2O5/c1-4-26-15-10-9-13(11-16(15)25-3)18-17(12(2)21-20(24)22-18)19(23)27-14-7-5-6-8-14/h9-11,14,18H,4-8H2,1-3H3,(H2,21,22,24)/t18-/m1/s1. The Hall–Kier alpha value is -2.70. The van der Waals surface area contributed by atoms with Gasteiger partial charge in [-0.1, -0.05) is 6.07 Å². The summed E-state index contributed by atoms with van der Waals surface area (Å²) in [4.78, 5) is 24.9. The van der Waals surface area contributed by atoms with E-state index >= 15 is 0 Å². The molecule has 146 valence electrons. The van der Waals surface area contributed by atoms with E-state index in [1.807, 2.05) is 13.0 Å². The molecule has 0 spiro atoms. The molecule has 2 N–H and O–H groups in total. The van der Waals surface area contributed by atoms with Crippen LogP contribution >= 0.6 is 0 Å². The Morgan fingerprint density at radius 1 is 1.22 bits per heavy atom. The van der Waals surface area contributed by atoms with Gasteiger partial charge in [0.15, 0.2) is 11.5 Å². The Kier molecular flexibility index (Phi) is 5.88. The fourth-order valence-electron chi connectivity index (χ4n) is 3.57. The number of ether oxygens (including phenoxy) is 3. The molecule has 2 aliphatic rings. The van der Waals surface area contributed by atoms with Crippen LogP contribution in [0.15, 0.2) is 29.5 Å². The molecule has 1 fully saturated rings. The first-order valence-corrected chi connectivity index (χ1v) is 9.33. The lowest BCUT2D eigenvalue weighted by atomic mass is 9.95. The highest BCUT2D eigenvalue weighted by Gasteiger charge is 2.34. The summed E-state index contributed by atoms with van der Waals surface area (Å²) in [5.41, 5.74) is 1.63. The number of hydrogen-bond donors (Lipinski definition) is 2. The zero-order chi connectivity index (χ0) is 19.4. The van der Waals surface area contributed by atoms with E-state index in [4.69, 9.17) is 14.2 Å². The first-order valence-electron chi connectivity index (χ1n) is 9.33. The van der Waals surface area contributed by atoms with E-state index in [0.29, 0.717) is 29.4 Å². The molecule has 1 aliphatic heterocycles. The van der Waals surface area contributed by atoms with Gasteiger partial charge in [-0.2, -0.15) is 0 Å². The summed E-state index contributed by atoms with van der Waals surface area (Å²) in [6.45, 7) is 4.12. The van der Waals surface area contributed by atoms with Crippen molar-refractivity contribution in [2.75, 3.05) is 13.7 Å². The van der Waals surface area contributed by atoms with Gasteiger partial charge < -0.3 is 24.8 Å². The molecule has 3 rings (SSSR count). The summed E-state index contributed by atoms with van der Waals surface area (Å²) in [5.74, 6) is 0.757. The van der Waals surface area contributed by atoms with Gasteiger partial charge in [-0.25, -0.2) is 9.59 Å². The average Bonchev–Trinajstić information content (AvgIpc) is 3.14. The average molecular weight is 374 g/mol. The molecule has 0 saturated heterocycles. The van der Waals surface area contributed by atoms with Crippen molar-refractivity contribution in [3.05, 3.63) is 35.0 Å². The highest BCUT2D eigenvalue weighted by atomic mass is 16.5. The molecule has 7 heteroatoms. The number of methoxy groups -OCH3 is 1. The van der Waals surface area contributed by atoms with Crippen LogP contribution in [0.4, 0.5) is 4.79 Å². The van der Waals surface area contributed by atoms with Crippen LogP contribution in [-0.4, -0.2) is 31.8 Å². The van der Waals surface area contributed by atoms with Gasteiger partial charge in [-0.15, -0.1) is 0 Å². The third-order valence-corrected chi connectivity index (χ3v) is 4.89. The highest BCUT2D eigenvalue weighted by molar-refractivity contribution is 5.95. The Labute approximate surface area is 159 Å². The van der Waals surface area contributed by atoms with Crippen LogP contribution in [0.5, 0.6) is 11.5 Å². The third kappa shape index (κ3) is 4.18. The molecule has 0 radical (unpaired) electrons. The minimum atomic E-state index is -0.614. The van der Waals surface area contributed by atoms with Gasteiger partial charge in [-0.05, 0) is 57.2 Å². The lowest BCUT2D eigenvalue weighted by Crippen LogP contribution is -2.45. The molecule has 27 heavy (non-hydrogen) atoms. The van der Waals surface area contributed by atoms with Crippen LogP contribution in [0.3, 0.4) is 0 Å². The molecule has 7 nitrogen and oxygen atoms in total.